The highest BCUT2D eigenvalue weighted by molar-refractivity contribution is 9.10. The molecule has 0 aliphatic rings. The number of rotatable bonds is 6. The predicted molar refractivity (Wildman–Crippen MR) is 84.7 cm³/mol. The van der Waals surface area contributed by atoms with Crippen molar-refractivity contribution in [1.82, 2.24) is 10.3 Å². The summed E-state index contributed by atoms with van der Waals surface area (Å²) in [4.78, 5) is 4.03. The fraction of sp³-hybridized carbons (Fsp3) is 0.312. The molecule has 20 heavy (non-hydrogen) atoms. The molecule has 0 aliphatic carbocycles. The van der Waals surface area contributed by atoms with E-state index in [-0.39, 0.29) is 0 Å². The maximum atomic E-state index is 5.70. The van der Waals surface area contributed by atoms with Crippen molar-refractivity contribution < 1.29 is 4.74 Å². The van der Waals surface area contributed by atoms with E-state index in [1.807, 2.05) is 12.1 Å². The van der Waals surface area contributed by atoms with Crippen LogP contribution in [0.5, 0.6) is 5.75 Å². The topological polar surface area (TPSA) is 34.1 Å². The molecule has 4 heteroatoms. The summed E-state index contributed by atoms with van der Waals surface area (Å²) in [7, 11) is 0. The maximum Gasteiger partial charge on any atom is 0.138 e. The van der Waals surface area contributed by atoms with Crippen LogP contribution in [0.3, 0.4) is 0 Å². The predicted octanol–water partition coefficient (Wildman–Crippen LogP) is 3.92. The Morgan fingerprint density at radius 3 is 2.80 bits per heavy atom. The van der Waals surface area contributed by atoms with Gasteiger partial charge in [-0.3, -0.25) is 4.98 Å². The van der Waals surface area contributed by atoms with Gasteiger partial charge in [-0.1, -0.05) is 41.9 Å². The molecule has 0 spiro atoms. The van der Waals surface area contributed by atoms with Crippen LogP contribution in [0.4, 0.5) is 0 Å². The Hall–Kier alpha value is -1.39. The SMILES string of the molecule is CC(C)NCc1ccc(COc2cccnc2)c(Br)c1. The Morgan fingerprint density at radius 2 is 2.15 bits per heavy atom. The zero-order valence-corrected chi connectivity index (χ0v) is 13.4. The summed E-state index contributed by atoms with van der Waals surface area (Å²) in [5.41, 5.74) is 2.39. The number of ether oxygens (including phenoxy) is 1. The van der Waals surface area contributed by atoms with Gasteiger partial charge in [-0.2, -0.15) is 0 Å². The van der Waals surface area contributed by atoms with E-state index < -0.39 is 0 Å². The van der Waals surface area contributed by atoms with Gasteiger partial charge in [0, 0.05) is 28.8 Å². The van der Waals surface area contributed by atoms with Gasteiger partial charge in [-0.15, -0.1) is 0 Å². The summed E-state index contributed by atoms with van der Waals surface area (Å²) in [6.07, 6.45) is 3.45. The first-order valence-electron chi connectivity index (χ1n) is 6.68. The smallest absolute Gasteiger partial charge is 0.138 e. The van der Waals surface area contributed by atoms with Gasteiger partial charge in [-0.25, -0.2) is 0 Å². The Labute approximate surface area is 128 Å². The summed E-state index contributed by atoms with van der Waals surface area (Å²) < 4.78 is 6.78. The van der Waals surface area contributed by atoms with E-state index >= 15 is 0 Å². The number of benzene rings is 1. The number of halogens is 1. The monoisotopic (exact) mass is 334 g/mol. The highest BCUT2D eigenvalue weighted by atomic mass is 79.9. The quantitative estimate of drug-likeness (QED) is 0.869. The molecule has 1 aromatic heterocycles. The highest BCUT2D eigenvalue weighted by Crippen LogP contribution is 2.20. The average molecular weight is 335 g/mol. The van der Waals surface area contributed by atoms with E-state index in [2.05, 4.69) is 58.3 Å². The van der Waals surface area contributed by atoms with Crippen LogP contribution in [0.25, 0.3) is 0 Å². The van der Waals surface area contributed by atoms with E-state index in [4.69, 9.17) is 4.74 Å². The van der Waals surface area contributed by atoms with E-state index in [0.717, 1.165) is 22.3 Å². The van der Waals surface area contributed by atoms with E-state index in [0.29, 0.717) is 12.6 Å². The van der Waals surface area contributed by atoms with Crippen LogP contribution in [-0.4, -0.2) is 11.0 Å². The normalized spacial score (nSPS) is 10.8. The fourth-order valence-electron chi connectivity index (χ4n) is 1.73. The highest BCUT2D eigenvalue weighted by Gasteiger charge is 2.03. The van der Waals surface area contributed by atoms with Crippen molar-refractivity contribution in [2.24, 2.45) is 0 Å². The van der Waals surface area contributed by atoms with Crippen LogP contribution < -0.4 is 10.1 Å². The van der Waals surface area contributed by atoms with E-state index in [1.54, 1.807) is 12.4 Å². The van der Waals surface area contributed by atoms with Crippen molar-refractivity contribution in [2.45, 2.75) is 33.0 Å². The molecular weight excluding hydrogens is 316 g/mol. The molecule has 0 amide bonds. The van der Waals surface area contributed by atoms with Crippen LogP contribution in [0, 0.1) is 0 Å². The summed E-state index contributed by atoms with van der Waals surface area (Å²) in [6.45, 7) is 5.69. The lowest BCUT2D eigenvalue weighted by atomic mass is 10.1. The third-order valence-corrected chi connectivity index (χ3v) is 3.60. The van der Waals surface area contributed by atoms with Crippen LogP contribution >= 0.6 is 15.9 Å². The Morgan fingerprint density at radius 1 is 1.30 bits per heavy atom. The number of nitrogens with one attached hydrogen (secondary N) is 1. The molecule has 0 bridgehead atoms. The second-order valence-electron chi connectivity index (χ2n) is 4.94. The second kappa shape index (κ2) is 7.41. The number of hydrogen-bond acceptors (Lipinski definition) is 3. The van der Waals surface area contributed by atoms with Gasteiger partial charge in [0.25, 0.3) is 0 Å². The summed E-state index contributed by atoms with van der Waals surface area (Å²) in [5, 5.41) is 3.41. The molecule has 0 aliphatic heterocycles. The molecular formula is C16H19BrN2O. The first-order chi connectivity index (χ1) is 9.65. The van der Waals surface area contributed by atoms with Crippen molar-refractivity contribution in [2.75, 3.05) is 0 Å². The van der Waals surface area contributed by atoms with Gasteiger partial charge in [0.2, 0.25) is 0 Å². The third-order valence-electron chi connectivity index (χ3n) is 2.86. The first-order valence-corrected chi connectivity index (χ1v) is 7.48. The van der Waals surface area contributed by atoms with Gasteiger partial charge < -0.3 is 10.1 Å². The minimum atomic E-state index is 0.488. The maximum absolute atomic E-state index is 5.70. The number of aromatic nitrogens is 1. The first kappa shape index (κ1) is 15.0. The molecule has 0 saturated heterocycles. The molecule has 1 heterocycles. The van der Waals surface area contributed by atoms with E-state index in [1.165, 1.54) is 5.56 Å². The molecule has 1 N–H and O–H groups in total. The standard InChI is InChI=1S/C16H19BrN2O/c1-12(2)19-9-13-5-6-14(16(17)8-13)11-20-15-4-3-7-18-10-15/h3-8,10,12,19H,9,11H2,1-2H3. The average Bonchev–Trinajstić information content (AvgIpc) is 2.45. The van der Waals surface area contributed by atoms with Crippen molar-refractivity contribution >= 4 is 15.9 Å². The van der Waals surface area contributed by atoms with Gasteiger partial charge in [-0.05, 0) is 23.8 Å². The van der Waals surface area contributed by atoms with Crippen molar-refractivity contribution in [3.63, 3.8) is 0 Å². The minimum Gasteiger partial charge on any atom is -0.487 e. The molecule has 1 aromatic carbocycles. The number of nitrogens with zero attached hydrogens (tertiary/aromatic N) is 1. The summed E-state index contributed by atoms with van der Waals surface area (Å²) in [6, 6.07) is 10.6. The molecule has 0 saturated carbocycles. The van der Waals surface area contributed by atoms with Gasteiger partial charge >= 0.3 is 0 Å². The summed E-state index contributed by atoms with van der Waals surface area (Å²) >= 11 is 3.60. The Kier molecular flexibility index (Phi) is 5.56. The lowest BCUT2D eigenvalue weighted by molar-refractivity contribution is 0.304. The fourth-order valence-corrected chi connectivity index (χ4v) is 2.27. The molecule has 2 aromatic rings. The van der Waals surface area contributed by atoms with Crippen LogP contribution in [0.15, 0.2) is 47.2 Å². The molecule has 0 unspecified atom stereocenters. The molecule has 0 radical (unpaired) electrons. The van der Waals surface area contributed by atoms with E-state index in [9.17, 15) is 0 Å². The van der Waals surface area contributed by atoms with Crippen LogP contribution in [0.1, 0.15) is 25.0 Å². The van der Waals surface area contributed by atoms with Crippen LogP contribution in [0.2, 0.25) is 0 Å². The Balaban J connectivity index is 1.95. The zero-order chi connectivity index (χ0) is 14.4. The summed E-state index contributed by atoms with van der Waals surface area (Å²) in [5.74, 6) is 0.782. The Bertz CT molecular complexity index is 543. The largest absolute Gasteiger partial charge is 0.487 e. The van der Waals surface area contributed by atoms with Crippen molar-refractivity contribution in [3.8, 4) is 5.75 Å². The van der Waals surface area contributed by atoms with Crippen molar-refractivity contribution in [1.29, 1.82) is 0 Å². The molecule has 0 atom stereocenters. The number of pyridine rings is 1. The minimum absolute atomic E-state index is 0.488. The van der Waals surface area contributed by atoms with Gasteiger partial charge in [0.05, 0.1) is 6.20 Å². The number of hydrogen-bond donors (Lipinski definition) is 1. The van der Waals surface area contributed by atoms with Crippen molar-refractivity contribution in [3.05, 3.63) is 58.3 Å². The molecule has 106 valence electrons. The van der Waals surface area contributed by atoms with Gasteiger partial charge in [0.1, 0.15) is 12.4 Å². The molecule has 0 fully saturated rings. The van der Waals surface area contributed by atoms with Crippen LogP contribution in [-0.2, 0) is 13.2 Å². The third kappa shape index (κ3) is 4.62. The zero-order valence-electron chi connectivity index (χ0n) is 11.8. The lowest BCUT2D eigenvalue weighted by Crippen LogP contribution is -2.21. The molecule has 2 rings (SSSR count). The van der Waals surface area contributed by atoms with Gasteiger partial charge in [0.15, 0.2) is 0 Å². The second-order valence-corrected chi connectivity index (χ2v) is 5.79. The molecule has 3 nitrogen and oxygen atoms in total. The lowest BCUT2D eigenvalue weighted by Gasteiger charge is -2.11.